The SMILES string of the molecule is COc1ccc(C)cc1N(CC(=O)N/N=C(/C)c1ccc2c(c1)OCCO2)S(=O)(=O)c1ccccc1. The summed E-state index contributed by atoms with van der Waals surface area (Å²) in [6.45, 7) is 4.00. The first-order valence-electron chi connectivity index (χ1n) is 11.2. The largest absolute Gasteiger partial charge is 0.495 e. The molecule has 1 aliphatic heterocycles. The van der Waals surface area contributed by atoms with Crippen LogP contribution in [-0.2, 0) is 14.8 Å². The highest BCUT2D eigenvalue weighted by atomic mass is 32.2. The fourth-order valence-electron chi connectivity index (χ4n) is 3.66. The molecule has 0 saturated heterocycles. The van der Waals surface area contributed by atoms with Crippen molar-refractivity contribution >= 4 is 27.3 Å². The molecule has 9 nitrogen and oxygen atoms in total. The number of sulfonamides is 1. The number of aryl methyl sites for hydroxylation is 1. The van der Waals surface area contributed by atoms with Crippen LogP contribution in [0.1, 0.15) is 18.1 Å². The van der Waals surface area contributed by atoms with Crippen molar-refractivity contribution < 1.29 is 27.4 Å². The van der Waals surface area contributed by atoms with Gasteiger partial charge in [0.2, 0.25) is 0 Å². The lowest BCUT2D eigenvalue weighted by molar-refractivity contribution is -0.119. The Balaban J connectivity index is 1.60. The van der Waals surface area contributed by atoms with Gasteiger partial charge >= 0.3 is 0 Å². The van der Waals surface area contributed by atoms with Crippen molar-refractivity contribution in [3.8, 4) is 17.2 Å². The van der Waals surface area contributed by atoms with Gasteiger partial charge in [0.05, 0.1) is 23.4 Å². The summed E-state index contributed by atoms with van der Waals surface area (Å²) in [4.78, 5) is 13.0. The Hall–Kier alpha value is -4.05. The highest BCUT2D eigenvalue weighted by Gasteiger charge is 2.29. The van der Waals surface area contributed by atoms with Gasteiger partial charge in [-0.2, -0.15) is 5.10 Å². The predicted molar refractivity (Wildman–Crippen MR) is 136 cm³/mol. The molecule has 188 valence electrons. The number of carbonyl (C=O) groups excluding carboxylic acids is 1. The van der Waals surface area contributed by atoms with Gasteiger partial charge in [0, 0.05) is 5.56 Å². The van der Waals surface area contributed by atoms with Gasteiger partial charge in [0.1, 0.15) is 25.5 Å². The summed E-state index contributed by atoms with van der Waals surface area (Å²) in [5.41, 5.74) is 4.78. The summed E-state index contributed by atoms with van der Waals surface area (Å²) >= 11 is 0. The van der Waals surface area contributed by atoms with Gasteiger partial charge in [-0.05, 0) is 61.9 Å². The van der Waals surface area contributed by atoms with Crippen LogP contribution in [0, 0.1) is 6.92 Å². The van der Waals surface area contributed by atoms with Crippen LogP contribution < -0.4 is 23.9 Å². The molecule has 0 bridgehead atoms. The Labute approximate surface area is 210 Å². The molecule has 10 heteroatoms. The lowest BCUT2D eigenvalue weighted by atomic mass is 10.1. The molecule has 1 aliphatic rings. The molecule has 0 aromatic heterocycles. The van der Waals surface area contributed by atoms with E-state index in [1.54, 1.807) is 55.5 Å². The number of rotatable bonds is 8. The minimum absolute atomic E-state index is 0.0531. The van der Waals surface area contributed by atoms with Crippen LogP contribution in [0.15, 0.2) is 76.7 Å². The van der Waals surface area contributed by atoms with Crippen LogP contribution in [0.2, 0.25) is 0 Å². The van der Waals surface area contributed by atoms with E-state index >= 15 is 0 Å². The molecule has 1 heterocycles. The molecule has 0 spiro atoms. The van der Waals surface area contributed by atoms with Crippen molar-refractivity contribution in [1.29, 1.82) is 0 Å². The number of ether oxygens (including phenoxy) is 3. The van der Waals surface area contributed by atoms with Crippen LogP contribution in [0.25, 0.3) is 0 Å². The smallest absolute Gasteiger partial charge is 0.264 e. The van der Waals surface area contributed by atoms with Crippen molar-refractivity contribution in [3.63, 3.8) is 0 Å². The lowest BCUT2D eigenvalue weighted by Crippen LogP contribution is -2.40. The number of methoxy groups -OCH3 is 1. The van der Waals surface area contributed by atoms with Gasteiger partial charge in [-0.15, -0.1) is 0 Å². The van der Waals surface area contributed by atoms with Crippen LogP contribution in [0.4, 0.5) is 5.69 Å². The van der Waals surface area contributed by atoms with Gasteiger partial charge in [-0.1, -0.05) is 24.3 Å². The Kier molecular flexibility index (Phi) is 7.44. The molecule has 0 fully saturated rings. The first-order valence-corrected chi connectivity index (χ1v) is 12.7. The standard InChI is InChI=1S/C26H27N3O6S/c1-18-9-11-23(33-3)22(15-18)29(36(31,32)21-7-5-4-6-8-21)17-26(30)28-27-19(2)20-10-12-24-25(16-20)35-14-13-34-24/h4-12,15-16H,13-14,17H2,1-3H3,(H,28,30)/b27-19-. The summed E-state index contributed by atoms with van der Waals surface area (Å²) < 4.78 is 44.7. The number of hydrazone groups is 1. The number of amides is 1. The van der Waals surface area contributed by atoms with Gasteiger partial charge in [0.25, 0.3) is 15.9 Å². The summed E-state index contributed by atoms with van der Waals surface area (Å²) in [6.07, 6.45) is 0. The average Bonchev–Trinajstić information content (AvgIpc) is 2.90. The van der Waals surface area contributed by atoms with Crippen molar-refractivity contribution in [1.82, 2.24) is 5.43 Å². The Morgan fingerprint density at radius 1 is 1.03 bits per heavy atom. The van der Waals surface area contributed by atoms with Crippen molar-refractivity contribution in [2.24, 2.45) is 5.10 Å². The molecular formula is C26H27N3O6S. The van der Waals surface area contributed by atoms with E-state index in [2.05, 4.69) is 10.5 Å². The lowest BCUT2D eigenvalue weighted by Gasteiger charge is -2.25. The first kappa shape index (κ1) is 25.1. The van der Waals surface area contributed by atoms with Crippen molar-refractivity contribution in [3.05, 3.63) is 77.9 Å². The Morgan fingerprint density at radius 3 is 2.47 bits per heavy atom. The summed E-state index contributed by atoms with van der Waals surface area (Å²) in [5, 5.41) is 4.17. The van der Waals surface area contributed by atoms with Crippen LogP contribution in [-0.4, -0.2) is 46.9 Å². The maximum absolute atomic E-state index is 13.6. The first-order chi connectivity index (χ1) is 17.3. The van der Waals surface area contributed by atoms with E-state index in [9.17, 15) is 13.2 Å². The number of nitrogens with zero attached hydrogens (tertiary/aromatic N) is 2. The normalized spacial score (nSPS) is 13.1. The molecular weight excluding hydrogens is 482 g/mol. The quantitative estimate of drug-likeness (QED) is 0.368. The van der Waals surface area contributed by atoms with E-state index in [0.717, 1.165) is 15.4 Å². The monoisotopic (exact) mass is 509 g/mol. The second kappa shape index (κ2) is 10.7. The molecule has 0 unspecified atom stereocenters. The zero-order valence-corrected chi connectivity index (χ0v) is 21.0. The number of benzene rings is 3. The molecule has 0 radical (unpaired) electrons. The minimum atomic E-state index is -4.09. The molecule has 36 heavy (non-hydrogen) atoms. The van der Waals surface area contributed by atoms with Gasteiger partial charge in [0.15, 0.2) is 11.5 Å². The number of hydrogen-bond donors (Lipinski definition) is 1. The molecule has 0 saturated carbocycles. The summed E-state index contributed by atoms with van der Waals surface area (Å²) in [7, 11) is -2.64. The number of hydrogen-bond acceptors (Lipinski definition) is 7. The molecule has 4 rings (SSSR count). The van der Waals surface area contributed by atoms with E-state index in [4.69, 9.17) is 14.2 Å². The highest BCUT2D eigenvalue weighted by molar-refractivity contribution is 7.92. The van der Waals surface area contributed by atoms with E-state index < -0.39 is 22.5 Å². The molecule has 3 aromatic rings. The highest BCUT2D eigenvalue weighted by Crippen LogP contribution is 2.33. The summed E-state index contributed by atoms with van der Waals surface area (Å²) in [6, 6.07) is 18.4. The Bertz CT molecular complexity index is 1390. The van der Waals surface area contributed by atoms with Gasteiger partial charge < -0.3 is 14.2 Å². The van der Waals surface area contributed by atoms with Crippen LogP contribution in [0.5, 0.6) is 17.2 Å². The number of carbonyl (C=O) groups is 1. The third-order valence-electron chi connectivity index (χ3n) is 5.53. The molecule has 0 aliphatic carbocycles. The maximum atomic E-state index is 13.6. The van der Waals surface area contributed by atoms with E-state index in [1.807, 2.05) is 13.0 Å². The maximum Gasteiger partial charge on any atom is 0.264 e. The molecule has 1 N–H and O–H groups in total. The van der Waals surface area contributed by atoms with E-state index in [1.165, 1.54) is 19.2 Å². The Morgan fingerprint density at radius 2 is 1.75 bits per heavy atom. The molecule has 1 amide bonds. The van der Waals surface area contributed by atoms with Crippen LogP contribution in [0.3, 0.4) is 0 Å². The van der Waals surface area contributed by atoms with Crippen LogP contribution >= 0.6 is 0 Å². The van der Waals surface area contributed by atoms with E-state index in [0.29, 0.717) is 36.2 Å². The fourth-order valence-corrected chi connectivity index (χ4v) is 5.10. The zero-order chi connectivity index (χ0) is 25.7. The minimum Gasteiger partial charge on any atom is -0.495 e. The second-order valence-electron chi connectivity index (χ2n) is 8.09. The van der Waals surface area contributed by atoms with Gasteiger partial charge in [-0.3, -0.25) is 9.10 Å². The van der Waals surface area contributed by atoms with Crippen molar-refractivity contribution in [2.45, 2.75) is 18.7 Å². The second-order valence-corrected chi connectivity index (χ2v) is 9.95. The predicted octanol–water partition coefficient (Wildman–Crippen LogP) is 3.51. The van der Waals surface area contributed by atoms with E-state index in [-0.39, 0.29) is 10.6 Å². The zero-order valence-electron chi connectivity index (χ0n) is 20.2. The molecule has 3 aromatic carbocycles. The van der Waals surface area contributed by atoms with Crippen molar-refractivity contribution in [2.75, 3.05) is 31.2 Å². The number of nitrogens with one attached hydrogen (secondary N) is 1. The van der Waals surface area contributed by atoms with Gasteiger partial charge in [-0.25, -0.2) is 13.8 Å². The topological polar surface area (TPSA) is 107 Å². The number of anilines is 1. The number of fused-ring (bicyclic) bond motifs is 1. The third-order valence-corrected chi connectivity index (χ3v) is 7.30. The average molecular weight is 510 g/mol. The molecule has 0 atom stereocenters. The summed E-state index contributed by atoms with van der Waals surface area (Å²) in [5.74, 6) is 0.959. The third kappa shape index (κ3) is 5.44. The fraction of sp³-hybridized carbons (Fsp3) is 0.231.